The van der Waals surface area contributed by atoms with E-state index in [1.165, 1.54) is 0 Å². The fraction of sp³-hybridized carbons (Fsp3) is 0.556. The second-order valence-corrected chi connectivity index (χ2v) is 6.88. The maximum atomic E-state index is 12.9. The first-order valence-electron chi connectivity index (χ1n) is 9.24. The van der Waals surface area contributed by atoms with Crippen molar-refractivity contribution < 1.29 is 4.79 Å². The summed E-state index contributed by atoms with van der Waals surface area (Å²) in [4.78, 5) is 14.9. The lowest BCUT2D eigenvalue weighted by Gasteiger charge is -2.35. The predicted molar refractivity (Wildman–Crippen MR) is 99.8 cm³/mol. The van der Waals surface area contributed by atoms with Crippen molar-refractivity contribution in [2.24, 2.45) is 11.7 Å². The van der Waals surface area contributed by atoms with E-state index >= 15 is 0 Å². The molecule has 2 atom stereocenters. The number of hydrogen-bond donors (Lipinski definition) is 2. The summed E-state index contributed by atoms with van der Waals surface area (Å²) in [5.74, 6) is 1.07. The Hall–Kier alpha value is -2.48. The largest absolute Gasteiger partial charge is 0.341 e. The summed E-state index contributed by atoms with van der Waals surface area (Å²) < 4.78 is 1.61. The molecule has 26 heavy (non-hydrogen) atoms. The Kier molecular flexibility index (Phi) is 5.82. The first-order chi connectivity index (χ1) is 12.6. The normalized spacial score (nSPS) is 17.7. The molecule has 1 saturated heterocycles. The lowest BCUT2D eigenvalue weighted by Crippen LogP contribution is -2.48. The number of nitrogens with zero attached hydrogens (tertiary/aromatic N) is 5. The molecule has 3 N–H and O–H groups in total. The van der Waals surface area contributed by atoms with Gasteiger partial charge in [0.2, 0.25) is 11.9 Å². The Balaban J connectivity index is 1.67. The van der Waals surface area contributed by atoms with E-state index in [4.69, 9.17) is 5.73 Å². The van der Waals surface area contributed by atoms with Crippen LogP contribution in [-0.2, 0) is 4.79 Å². The number of tetrazole rings is 1. The third kappa shape index (κ3) is 4.01. The fourth-order valence-electron chi connectivity index (χ4n) is 3.38. The third-order valence-electron chi connectivity index (χ3n) is 5.07. The summed E-state index contributed by atoms with van der Waals surface area (Å²) in [6, 6.07) is 9.45. The summed E-state index contributed by atoms with van der Waals surface area (Å²) in [7, 11) is 0. The van der Waals surface area contributed by atoms with Gasteiger partial charge in [0, 0.05) is 19.1 Å². The smallest absolute Gasteiger partial charge is 0.248 e. The van der Waals surface area contributed by atoms with E-state index in [0.29, 0.717) is 18.3 Å². The van der Waals surface area contributed by atoms with E-state index in [-0.39, 0.29) is 18.0 Å². The molecule has 8 nitrogen and oxygen atoms in total. The van der Waals surface area contributed by atoms with E-state index < -0.39 is 0 Å². The predicted octanol–water partition coefficient (Wildman–Crippen LogP) is 1.44. The minimum atomic E-state index is -0.352. The lowest BCUT2D eigenvalue weighted by atomic mass is 9.90. The van der Waals surface area contributed by atoms with Crippen molar-refractivity contribution in [1.82, 2.24) is 25.1 Å². The van der Waals surface area contributed by atoms with E-state index in [9.17, 15) is 4.79 Å². The maximum absolute atomic E-state index is 12.9. The van der Waals surface area contributed by atoms with Gasteiger partial charge in [-0.15, -0.1) is 0 Å². The highest BCUT2D eigenvalue weighted by atomic mass is 16.2. The van der Waals surface area contributed by atoms with Crippen LogP contribution in [0.3, 0.4) is 0 Å². The quantitative estimate of drug-likeness (QED) is 0.811. The summed E-state index contributed by atoms with van der Waals surface area (Å²) >= 11 is 0. The van der Waals surface area contributed by atoms with Crippen molar-refractivity contribution in [3.63, 3.8) is 0 Å². The molecule has 1 amide bonds. The number of piperidine rings is 1. The van der Waals surface area contributed by atoms with Gasteiger partial charge in [0.25, 0.3) is 0 Å². The van der Waals surface area contributed by atoms with Gasteiger partial charge in [0.1, 0.15) is 6.04 Å². The molecule has 0 bridgehead atoms. The molecule has 1 aliphatic rings. The number of anilines is 1. The molecule has 1 aliphatic heterocycles. The van der Waals surface area contributed by atoms with Gasteiger partial charge in [-0.25, -0.2) is 0 Å². The summed E-state index contributed by atoms with van der Waals surface area (Å²) in [6.07, 6.45) is 2.58. The molecule has 0 aliphatic carbocycles. The molecule has 0 spiro atoms. The monoisotopic (exact) mass is 357 g/mol. The van der Waals surface area contributed by atoms with Crippen LogP contribution >= 0.6 is 0 Å². The maximum Gasteiger partial charge on any atom is 0.248 e. The molecule has 140 valence electrons. The van der Waals surface area contributed by atoms with Crippen LogP contribution in [0.2, 0.25) is 0 Å². The number of rotatable bonds is 6. The second kappa shape index (κ2) is 8.27. The fourth-order valence-corrected chi connectivity index (χ4v) is 3.38. The average molecular weight is 357 g/mol. The van der Waals surface area contributed by atoms with Gasteiger partial charge in [-0.1, -0.05) is 30.2 Å². The molecule has 1 fully saturated rings. The molecule has 1 aromatic carbocycles. The van der Waals surface area contributed by atoms with Crippen molar-refractivity contribution in [2.45, 2.75) is 45.2 Å². The molecule has 8 heteroatoms. The minimum Gasteiger partial charge on any atom is -0.341 e. The Labute approximate surface area is 153 Å². The number of para-hydroxylation sites is 1. The second-order valence-electron chi connectivity index (χ2n) is 6.88. The highest BCUT2D eigenvalue weighted by Gasteiger charge is 2.29. The number of nitrogens with one attached hydrogen (secondary N) is 1. The molecule has 2 aromatic rings. The van der Waals surface area contributed by atoms with Crippen LogP contribution in [0.15, 0.2) is 30.3 Å². The zero-order valence-corrected chi connectivity index (χ0v) is 15.4. The van der Waals surface area contributed by atoms with E-state index in [0.717, 1.165) is 31.6 Å². The zero-order chi connectivity index (χ0) is 18.5. The van der Waals surface area contributed by atoms with E-state index in [2.05, 4.69) is 20.8 Å². The number of benzene rings is 1. The number of amides is 1. The number of carbonyl (C=O) groups is 1. The summed E-state index contributed by atoms with van der Waals surface area (Å²) in [5, 5.41) is 15.0. The van der Waals surface area contributed by atoms with Crippen molar-refractivity contribution >= 4 is 11.9 Å². The molecular weight excluding hydrogens is 330 g/mol. The standard InChI is InChI=1S/C18H27N7O/c1-3-16(17(26)24-11-9-14(10-12-24)13(2)19)20-18-21-22-23-25(18)15-7-5-4-6-8-15/h4-8,13-14,16H,3,9-12,19H2,1-2H3,(H,20,21,23). The van der Waals surface area contributed by atoms with Crippen LogP contribution in [0.5, 0.6) is 0 Å². The molecular formula is C18H27N7O. The van der Waals surface area contributed by atoms with Gasteiger partial charge in [-0.05, 0) is 54.7 Å². The Morgan fingerprint density at radius 3 is 2.62 bits per heavy atom. The third-order valence-corrected chi connectivity index (χ3v) is 5.07. The average Bonchev–Trinajstić information content (AvgIpc) is 3.14. The van der Waals surface area contributed by atoms with Crippen LogP contribution < -0.4 is 11.1 Å². The molecule has 1 aromatic heterocycles. The number of nitrogens with two attached hydrogens (primary N) is 1. The summed E-state index contributed by atoms with van der Waals surface area (Å²) in [5.41, 5.74) is 6.84. The van der Waals surface area contributed by atoms with Crippen LogP contribution in [-0.4, -0.2) is 56.2 Å². The molecule has 2 heterocycles. The SMILES string of the molecule is CCC(Nc1nnnn1-c1ccccc1)C(=O)N1CCC(C(C)N)CC1. The Morgan fingerprint density at radius 2 is 2.00 bits per heavy atom. The van der Waals surface area contributed by atoms with E-state index in [1.54, 1.807) is 4.68 Å². The van der Waals surface area contributed by atoms with Gasteiger partial charge >= 0.3 is 0 Å². The number of carbonyl (C=O) groups excluding carboxylic acids is 1. The number of likely N-dealkylation sites (tertiary alicyclic amines) is 1. The first kappa shape index (κ1) is 18.3. The van der Waals surface area contributed by atoms with Gasteiger partial charge in [-0.2, -0.15) is 4.68 Å². The number of aromatic nitrogens is 4. The molecule has 0 radical (unpaired) electrons. The number of hydrogen-bond acceptors (Lipinski definition) is 6. The Bertz CT molecular complexity index is 707. The van der Waals surface area contributed by atoms with Crippen molar-refractivity contribution in [1.29, 1.82) is 0 Å². The van der Waals surface area contributed by atoms with Crippen LogP contribution in [0, 0.1) is 5.92 Å². The zero-order valence-electron chi connectivity index (χ0n) is 15.4. The highest BCUT2D eigenvalue weighted by molar-refractivity contribution is 5.84. The van der Waals surface area contributed by atoms with Gasteiger partial charge in [0.05, 0.1) is 5.69 Å². The molecule has 3 rings (SSSR count). The van der Waals surface area contributed by atoms with Gasteiger partial charge in [-0.3, -0.25) is 4.79 Å². The van der Waals surface area contributed by atoms with E-state index in [1.807, 2.05) is 49.1 Å². The lowest BCUT2D eigenvalue weighted by molar-refractivity contribution is -0.133. The van der Waals surface area contributed by atoms with Crippen LogP contribution in [0.1, 0.15) is 33.1 Å². The van der Waals surface area contributed by atoms with Gasteiger partial charge < -0.3 is 16.0 Å². The minimum absolute atomic E-state index is 0.0956. The molecule has 0 saturated carbocycles. The topological polar surface area (TPSA) is 102 Å². The molecule has 2 unspecified atom stereocenters. The Morgan fingerprint density at radius 1 is 1.31 bits per heavy atom. The van der Waals surface area contributed by atoms with Gasteiger partial charge in [0.15, 0.2) is 0 Å². The highest BCUT2D eigenvalue weighted by Crippen LogP contribution is 2.21. The summed E-state index contributed by atoms with van der Waals surface area (Å²) in [6.45, 7) is 5.54. The van der Waals surface area contributed by atoms with Crippen LogP contribution in [0.4, 0.5) is 5.95 Å². The van der Waals surface area contributed by atoms with Crippen molar-refractivity contribution in [3.05, 3.63) is 30.3 Å². The van der Waals surface area contributed by atoms with Crippen molar-refractivity contribution in [2.75, 3.05) is 18.4 Å². The van der Waals surface area contributed by atoms with Crippen LogP contribution in [0.25, 0.3) is 5.69 Å². The van der Waals surface area contributed by atoms with Crippen molar-refractivity contribution in [3.8, 4) is 5.69 Å². The first-order valence-corrected chi connectivity index (χ1v) is 9.24.